The Morgan fingerprint density at radius 2 is 1.74 bits per heavy atom. The largest absolute Gasteiger partial charge is 0.352 e. The molecule has 114 valence electrons. The van der Waals surface area contributed by atoms with Crippen molar-refractivity contribution in [3.05, 3.63) is 0 Å². The second-order valence-corrected chi connectivity index (χ2v) is 6.67. The highest BCUT2D eigenvalue weighted by Crippen LogP contribution is 2.13. The molecule has 7 heteroatoms. The maximum atomic E-state index is 11.4. The Labute approximate surface area is 116 Å². The Balaban J connectivity index is 2.28. The van der Waals surface area contributed by atoms with Crippen LogP contribution in [0.15, 0.2) is 0 Å². The Morgan fingerprint density at radius 3 is 2.16 bits per heavy atom. The quantitative estimate of drug-likeness (QED) is 0.656. The molecule has 0 bridgehead atoms. The van der Waals surface area contributed by atoms with Crippen LogP contribution in [0, 0.1) is 0 Å². The van der Waals surface area contributed by atoms with Gasteiger partial charge in [-0.05, 0) is 26.7 Å². The molecule has 0 amide bonds. The van der Waals surface area contributed by atoms with Crippen molar-refractivity contribution in [3.8, 4) is 0 Å². The number of sulfonamides is 1. The summed E-state index contributed by atoms with van der Waals surface area (Å²) in [5, 5.41) is 3.39. The topological polar surface area (TPSA) is 67.9 Å². The number of ether oxygens (including phenoxy) is 2. The Morgan fingerprint density at radius 1 is 1.21 bits per heavy atom. The Hall–Kier alpha value is -0.210. The molecule has 1 fully saturated rings. The summed E-state index contributed by atoms with van der Waals surface area (Å²) in [7, 11) is -3.04. The first kappa shape index (κ1) is 16.8. The van der Waals surface area contributed by atoms with Gasteiger partial charge in [-0.3, -0.25) is 0 Å². The first-order chi connectivity index (χ1) is 8.97. The summed E-state index contributed by atoms with van der Waals surface area (Å²) in [5.41, 5.74) is 0. The maximum Gasteiger partial charge on any atom is 0.211 e. The number of nitrogens with one attached hydrogen (secondary N) is 1. The molecule has 0 aromatic rings. The van der Waals surface area contributed by atoms with Gasteiger partial charge in [0, 0.05) is 38.9 Å². The second kappa shape index (κ2) is 8.16. The van der Waals surface area contributed by atoms with Gasteiger partial charge in [0.15, 0.2) is 6.29 Å². The van der Waals surface area contributed by atoms with E-state index in [2.05, 4.69) is 5.32 Å². The van der Waals surface area contributed by atoms with Gasteiger partial charge in [0.2, 0.25) is 10.0 Å². The number of nitrogens with zero attached hydrogens (tertiary/aromatic N) is 1. The van der Waals surface area contributed by atoms with Gasteiger partial charge >= 0.3 is 0 Å². The van der Waals surface area contributed by atoms with Gasteiger partial charge in [0.05, 0.1) is 6.26 Å². The van der Waals surface area contributed by atoms with Crippen LogP contribution in [0.4, 0.5) is 0 Å². The van der Waals surface area contributed by atoms with E-state index in [0.29, 0.717) is 38.9 Å². The molecule has 0 unspecified atom stereocenters. The molecule has 1 rings (SSSR count). The highest BCUT2D eigenvalue weighted by Gasteiger charge is 2.25. The van der Waals surface area contributed by atoms with Crippen molar-refractivity contribution >= 4 is 10.0 Å². The van der Waals surface area contributed by atoms with E-state index in [4.69, 9.17) is 9.47 Å². The van der Waals surface area contributed by atoms with Crippen molar-refractivity contribution in [2.75, 3.05) is 39.1 Å². The number of hydrogen-bond donors (Lipinski definition) is 1. The molecule has 1 aliphatic heterocycles. The minimum absolute atomic E-state index is 0.220. The van der Waals surface area contributed by atoms with Crippen molar-refractivity contribution in [1.82, 2.24) is 9.62 Å². The van der Waals surface area contributed by atoms with Crippen LogP contribution in [0.2, 0.25) is 0 Å². The van der Waals surface area contributed by atoms with Crippen molar-refractivity contribution in [1.29, 1.82) is 0 Å². The molecule has 1 N–H and O–H groups in total. The number of piperidine rings is 1. The van der Waals surface area contributed by atoms with E-state index < -0.39 is 10.0 Å². The van der Waals surface area contributed by atoms with Crippen LogP contribution in [0.3, 0.4) is 0 Å². The molecule has 0 spiro atoms. The van der Waals surface area contributed by atoms with Crippen LogP contribution in [0.25, 0.3) is 0 Å². The minimum atomic E-state index is -3.04. The van der Waals surface area contributed by atoms with Gasteiger partial charge in [0.1, 0.15) is 0 Å². The van der Waals surface area contributed by atoms with Crippen LogP contribution >= 0.6 is 0 Å². The second-order valence-electron chi connectivity index (χ2n) is 4.68. The van der Waals surface area contributed by atoms with Gasteiger partial charge in [-0.15, -0.1) is 0 Å². The molecule has 0 aliphatic carbocycles. The normalized spacial score (nSPS) is 19.2. The van der Waals surface area contributed by atoms with Gasteiger partial charge in [-0.25, -0.2) is 12.7 Å². The number of rotatable bonds is 8. The van der Waals surface area contributed by atoms with Crippen LogP contribution in [0.5, 0.6) is 0 Å². The van der Waals surface area contributed by atoms with Crippen LogP contribution < -0.4 is 5.32 Å². The third kappa shape index (κ3) is 6.18. The van der Waals surface area contributed by atoms with E-state index in [1.54, 1.807) is 0 Å². The van der Waals surface area contributed by atoms with Crippen molar-refractivity contribution < 1.29 is 17.9 Å². The molecule has 0 radical (unpaired) electrons. The van der Waals surface area contributed by atoms with Crippen LogP contribution in [-0.2, 0) is 19.5 Å². The standard InChI is InChI=1S/C12H26N2O4S/c1-4-17-12(18-5-2)10-13-11-6-8-14(9-7-11)19(3,15)16/h11-13H,4-10H2,1-3H3. The summed E-state index contributed by atoms with van der Waals surface area (Å²) in [5.74, 6) is 0. The zero-order valence-electron chi connectivity index (χ0n) is 12.1. The maximum absolute atomic E-state index is 11.4. The van der Waals surface area contributed by atoms with Crippen molar-refractivity contribution in [3.63, 3.8) is 0 Å². The van der Waals surface area contributed by atoms with Gasteiger partial charge in [0.25, 0.3) is 0 Å². The average molecular weight is 294 g/mol. The van der Waals surface area contributed by atoms with Gasteiger partial charge < -0.3 is 14.8 Å². The molecular formula is C12H26N2O4S. The monoisotopic (exact) mass is 294 g/mol. The molecule has 0 atom stereocenters. The van der Waals surface area contributed by atoms with Crippen molar-refractivity contribution in [2.24, 2.45) is 0 Å². The lowest BCUT2D eigenvalue weighted by Crippen LogP contribution is -2.46. The van der Waals surface area contributed by atoms with Crippen molar-refractivity contribution in [2.45, 2.75) is 39.0 Å². The third-order valence-electron chi connectivity index (χ3n) is 3.20. The SMILES string of the molecule is CCOC(CNC1CCN(S(C)(=O)=O)CC1)OCC. The van der Waals surface area contributed by atoms with Gasteiger partial charge in [-0.2, -0.15) is 0 Å². The van der Waals surface area contributed by atoms with E-state index >= 15 is 0 Å². The van der Waals surface area contributed by atoms with Crippen LogP contribution in [-0.4, -0.2) is 64.2 Å². The van der Waals surface area contributed by atoms with E-state index in [1.807, 2.05) is 13.8 Å². The zero-order valence-corrected chi connectivity index (χ0v) is 12.9. The Bertz CT molecular complexity index is 334. The first-order valence-corrected chi connectivity index (χ1v) is 8.73. The molecule has 0 aromatic heterocycles. The molecule has 1 saturated heterocycles. The molecule has 0 saturated carbocycles. The molecule has 19 heavy (non-hydrogen) atoms. The third-order valence-corrected chi connectivity index (χ3v) is 4.50. The predicted molar refractivity (Wildman–Crippen MR) is 74.5 cm³/mol. The fourth-order valence-electron chi connectivity index (χ4n) is 2.19. The van der Waals surface area contributed by atoms with Gasteiger partial charge in [-0.1, -0.05) is 0 Å². The summed E-state index contributed by atoms with van der Waals surface area (Å²) < 4.78 is 35.2. The minimum Gasteiger partial charge on any atom is -0.352 e. The lowest BCUT2D eigenvalue weighted by atomic mass is 10.1. The fourth-order valence-corrected chi connectivity index (χ4v) is 3.07. The lowest BCUT2D eigenvalue weighted by molar-refractivity contribution is -0.134. The molecule has 1 aliphatic rings. The molecule has 0 aromatic carbocycles. The van der Waals surface area contributed by atoms with E-state index in [1.165, 1.54) is 10.6 Å². The smallest absolute Gasteiger partial charge is 0.211 e. The fraction of sp³-hybridized carbons (Fsp3) is 1.00. The summed E-state index contributed by atoms with van der Waals surface area (Å²) in [4.78, 5) is 0. The summed E-state index contributed by atoms with van der Waals surface area (Å²) in [6, 6.07) is 0.335. The molecular weight excluding hydrogens is 268 g/mol. The van der Waals surface area contributed by atoms with E-state index in [-0.39, 0.29) is 6.29 Å². The van der Waals surface area contributed by atoms with Crippen LogP contribution in [0.1, 0.15) is 26.7 Å². The predicted octanol–water partition coefficient (Wildman–Crippen LogP) is 0.399. The average Bonchev–Trinajstić information content (AvgIpc) is 2.36. The highest BCUT2D eigenvalue weighted by molar-refractivity contribution is 7.88. The Kier molecular flexibility index (Phi) is 7.23. The molecule has 6 nitrogen and oxygen atoms in total. The van der Waals surface area contributed by atoms with E-state index in [0.717, 1.165) is 12.8 Å². The first-order valence-electron chi connectivity index (χ1n) is 6.89. The zero-order chi connectivity index (χ0) is 14.3. The summed E-state index contributed by atoms with van der Waals surface area (Å²) >= 11 is 0. The summed E-state index contributed by atoms with van der Waals surface area (Å²) in [6.07, 6.45) is 2.71. The summed E-state index contributed by atoms with van der Waals surface area (Å²) in [6.45, 7) is 6.95. The lowest BCUT2D eigenvalue weighted by Gasteiger charge is -2.31. The molecule has 1 heterocycles. The number of hydrogen-bond acceptors (Lipinski definition) is 5. The highest BCUT2D eigenvalue weighted by atomic mass is 32.2. The van der Waals surface area contributed by atoms with E-state index in [9.17, 15) is 8.42 Å².